The maximum absolute atomic E-state index is 12.7. The number of carbonyl (C=O) groups excluding carboxylic acids is 1. The number of ether oxygens (including phenoxy) is 1. The van der Waals surface area contributed by atoms with Crippen LogP contribution >= 0.6 is 0 Å². The van der Waals surface area contributed by atoms with Gasteiger partial charge in [-0.15, -0.1) is 0 Å². The number of hydrogen-bond acceptors (Lipinski definition) is 3. The number of para-hydroxylation sites is 2. The van der Waals surface area contributed by atoms with Gasteiger partial charge in [-0.05, 0) is 42.5 Å². The predicted octanol–water partition coefficient (Wildman–Crippen LogP) is 4.61. The van der Waals surface area contributed by atoms with Gasteiger partial charge in [-0.2, -0.15) is 5.10 Å². The summed E-state index contributed by atoms with van der Waals surface area (Å²) in [7, 11) is 0. The smallest absolute Gasteiger partial charge is 0.259 e. The fourth-order valence-electron chi connectivity index (χ4n) is 2.57. The summed E-state index contributed by atoms with van der Waals surface area (Å²) < 4.78 is 5.85. The molecule has 2 N–H and O–H groups in total. The summed E-state index contributed by atoms with van der Waals surface area (Å²) in [6.45, 7) is 0. The molecule has 5 nitrogen and oxygen atoms in total. The number of benzene rings is 3. The van der Waals surface area contributed by atoms with Crippen LogP contribution < -0.4 is 10.1 Å². The van der Waals surface area contributed by atoms with Crippen LogP contribution in [0.4, 0.5) is 5.69 Å². The molecule has 4 aromatic rings. The van der Waals surface area contributed by atoms with E-state index in [9.17, 15) is 4.79 Å². The van der Waals surface area contributed by atoms with Gasteiger partial charge in [0.25, 0.3) is 5.91 Å². The number of aromatic amines is 1. The van der Waals surface area contributed by atoms with E-state index < -0.39 is 0 Å². The fourth-order valence-corrected chi connectivity index (χ4v) is 2.57. The van der Waals surface area contributed by atoms with Crippen molar-refractivity contribution < 1.29 is 9.53 Å². The number of hydrogen-bond donors (Lipinski definition) is 2. The molecule has 0 saturated heterocycles. The third-order valence-electron chi connectivity index (χ3n) is 3.80. The molecular formula is C20H15N3O2. The Morgan fingerprint density at radius 2 is 1.76 bits per heavy atom. The number of fused-ring (bicyclic) bond motifs is 1. The second-order valence-electron chi connectivity index (χ2n) is 5.54. The van der Waals surface area contributed by atoms with Crippen molar-refractivity contribution in [3.8, 4) is 11.5 Å². The monoisotopic (exact) mass is 329 g/mol. The van der Waals surface area contributed by atoms with Gasteiger partial charge in [0.15, 0.2) is 0 Å². The van der Waals surface area contributed by atoms with Gasteiger partial charge in [0.05, 0.1) is 17.3 Å². The Kier molecular flexibility index (Phi) is 3.88. The lowest BCUT2D eigenvalue weighted by Crippen LogP contribution is -2.12. The molecule has 4 rings (SSSR count). The minimum absolute atomic E-state index is 0.231. The first-order valence-corrected chi connectivity index (χ1v) is 7.86. The first kappa shape index (κ1) is 15.0. The zero-order valence-corrected chi connectivity index (χ0v) is 13.3. The van der Waals surface area contributed by atoms with Crippen molar-refractivity contribution in [3.05, 3.63) is 84.6 Å². The molecule has 0 radical (unpaired) electrons. The van der Waals surface area contributed by atoms with Gasteiger partial charge >= 0.3 is 0 Å². The molecule has 1 heterocycles. The van der Waals surface area contributed by atoms with Gasteiger partial charge in [0.1, 0.15) is 11.5 Å². The fraction of sp³-hybridized carbons (Fsp3) is 0. The number of rotatable bonds is 4. The van der Waals surface area contributed by atoms with Crippen LogP contribution in [0.15, 0.2) is 79.0 Å². The lowest BCUT2D eigenvalue weighted by Gasteiger charge is -2.11. The molecule has 0 unspecified atom stereocenters. The first-order chi connectivity index (χ1) is 12.3. The Bertz CT molecular complexity index is 1030. The van der Waals surface area contributed by atoms with Crippen molar-refractivity contribution in [1.29, 1.82) is 0 Å². The maximum atomic E-state index is 12.7. The molecule has 0 atom stereocenters. The molecule has 0 aliphatic heterocycles. The van der Waals surface area contributed by atoms with E-state index in [-0.39, 0.29) is 5.91 Å². The minimum Gasteiger partial charge on any atom is -0.457 e. The Morgan fingerprint density at radius 3 is 2.64 bits per heavy atom. The summed E-state index contributed by atoms with van der Waals surface area (Å²) in [5.74, 6) is 0.959. The summed E-state index contributed by atoms with van der Waals surface area (Å²) in [5, 5.41) is 10.8. The zero-order chi connectivity index (χ0) is 17.1. The first-order valence-electron chi connectivity index (χ1n) is 7.86. The van der Waals surface area contributed by atoms with Crippen LogP contribution in [-0.4, -0.2) is 16.1 Å². The van der Waals surface area contributed by atoms with E-state index in [1.165, 1.54) is 0 Å². The van der Waals surface area contributed by atoms with Gasteiger partial charge < -0.3 is 10.1 Å². The lowest BCUT2D eigenvalue weighted by molar-refractivity contribution is 0.102. The van der Waals surface area contributed by atoms with E-state index in [4.69, 9.17) is 4.74 Å². The number of H-pyrrole nitrogens is 1. The van der Waals surface area contributed by atoms with Gasteiger partial charge in [-0.1, -0.05) is 30.3 Å². The highest BCUT2D eigenvalue weighted by atomic mass is 16.5. The van der Waals surface area contributed by atoms with Gasteiger partial charge in [-0.3, -0.25) is 9.89 Å². The number of carbonyl (C=O) groups is 1. The molecule has 0 fully saturated rings. The minimum atomic E-state index is -0.231. The molecular weight excluding hydrogens is 314 g/mol. The number of nitrogens with zero attached hydrogens (tertiary/aromatic N) is 1. The SMILES string of the molecule is O=C(Nc1ccc2cn[nH]c2c1)c1ccccc1Oc1ccccc1. The highest BCUT2D eigenvalue weighted by molar-refractivity contribution is 6.06. The molecule has 25 heavy (non-hydrogen) atoms. The molecule has 122 valence electrons. The molecule has 0 spiro atoms. The largest absolute Gasteiger partial charge is 0.457 e. The Labute approximate surface area is 144 Å². The Hall–Kier alpha value is -3.60. The molecule has 5 heteroatoms. The summed E-state index contributed by atoms with van der Waals surface area (Å²) >= 11 is 0. The standard InChI is InChI=1S/C20H15N3O2/c24-20(22-15-11-10-14-13-21-23-18(14)12-15)17-8-4-5-9-19(17)25-16-6-2-1-3-7-16/h1-13H,(H,21,23)(H,22,24). The summed E-state index contributed by atoms with van der Waals surface area (Å²) in [6.07, 6.45) is 1.74. The third-order valence-corrected chi connectivity index (χ3v) is 3.80. The number of anilines is 1. The van der Waals surface area contributed by atoms with E-state index >= 15 is 0 Å². The van der Waals surface area contributed by atoms with Crippen molar-refractivity contribution in [2.24, 2.45) is 0 Å². The molecule has 0 aliphatic rings. The Morgan fingerprint density at radius 1 is 0.960 bits per heavy atom. The van der Waals surface area contributed by atoms with Gasteiger partial charge in [0.2, 0.25) is 0 Å². The summed E-state index contributed by atoms with van der Waals surface area (Å²) in [5.41, 5.74) is 2.03. The molecule has 3 aromatic carbocycles. The molecule has 0 bridgehead atoms. The topological polar surface area (TPSA) is 67.0 Å². The van der Waals surface area contributed by atoms with Crippen molar-refractivity contribution in [2.45, 2.75) is 0 Å². The van der Waals surface area contributed by atoms with E-state index in [1.807, 2.05) is 60.7 Å². The van der Waals surface area contributed by atoms with Crippen LogP contribution in [0.3, 0.4) is 0 Å². The van der Waals surface area contributed by atoms with Crippen LogP contribution in [0, 0.1) is 0 Å². The van der Waals surface area contributed by atoms with E-state index in [0.29, 0.717) is 22.7 Å². The summed E-state index contributed by atoms with van der Waals surface area (Å²) in [6, 6.07) is 22.1. The van der Waals surface area contributed by atoms with Gasteiger partial charge in [0, 0.05) is 11.1 Å². The molecule has 0 aliphatic carbocycles. The van der Waals surface area contributed by atoms with Gasteiger partial charge in [-0.25, -0.2) is 0 Å². The lowest BCUT2D eigenvalue weighted by atomic mass is 10.1. The third kappa shape index (κ3) is 3.21. The number of amides is 1. The average molecular weight is 329 g/mol. The van der Waals surface area contributed by atoms with Crippen molar-refractivity contribution in [1.82, 2.24) is 10.2 Å². The van der Waals surface area contributed by atoms with Crippen LogP contribution in [0.25, 0.3) is 10.9 Å². The molecule has 1 amide bonds. The zero-order valence-electron chi connectivity index (χ0n) is 13.3. The highest BCUT2D eigenvalue weighted by Crippen LogP contribution is 2.26. The maximum Gasteiger partial charge on any atom is 0.259 e. The van der Waals surface area contributed by atoms with Crippen LogP contribution in [0.1, 0.15) is 10.4 Å². The van der Waals surface area contributed by atoms with Crippen LogP contribution in [0.5, 0.6) is 11.5 Å². The second kappa shape index (κ2) is 6.49. The van der Waals surface area contributed by atoms with Crippen LogP contribution in [-0.2, 0) is 0 Å². The molecule has 0 saturated carbocycles. The highest BCUT2D eigenvalue weighted by Gasteiger charge is 2.13. The second-order valence-corrected chi connectivity index (χ2v) is 5.54. The van der Waals surface area contributed by atoms with E-state index in [2.05, 4.69) is 15.5 Å². The normalized spacial score (nSPS) is 10.6. The van der Waals surface area contributed by atoms with Crippen molar-refractivity contribution in [2.75, 3.05) is 5.32 Å². The van der Waals surface area contributed by atoms with E-state index in [1.54, 1.807) is 18.3 Å². The average Bonchev–Trinajstić information content (AvgIpc) is 3.11. The number of aromatic nitrogens is 2. The number of nitrogens with one attached hydrogen (secondary N) is 2. The molecule has 1 aromatic heterocycles. The van der Waals surface area contributed by atoms with Crippen molar-refractivity contribution >= 4 is 22.5 Å². The van der Waals surface area contributed by atoms with Crippen molar-refractivity contribution in [3.63, 3.8) is 0 Å². The predicted molar refractivity (Wildman–Crippen MR) is 97.0 cm³/mol. The Balaban J connectivity index is 1.59. The van der Waals surface area contributed by atoms with E-state index in [0.717, 1.165) is 10.9 Å². The quantitative estimate of drug-likeness (QED) is 0.574. The summed E-state index contributed by atoms with van der Waals surface area (Å²) in [4.78, 5) is 12.7. The van der Waals surface area contributed by atoms with Crippen LogP contribution in [0.2, 0.25) is 0 Å².